The Bertz CT molecular complexity index is 1310. The quantitative estimate of drug-likeness (QED) is 0.150. The Hall–Kier alpha value is -4.11. The number of hydrogen-bond acceptors (Lipinski definition) is 8. The molecule has 2 heterocycles. The van der Waals surface area contributed by atoms with Crippen molar-refractivity contribution >= 4 is 40.8 Å². The molecule has 9 nitrogen and oxygen atoms in total. The molecule has 1 aliphatic rings. The van der Waals surface area contributed by atoms with E-state index in [0.29, 0.717) is 45.5 Å². The van der Waals surface area contributed by atoms with Crippen LogP contribution >= 0.6 is 0 Å². The van der Waals surface area contributed by atoms with Crippen LogP contribution in [0.25, 0.3) is 0 Å². The molecule has 0 bridgehead atoms. The third-order valence-electron chi connectivity index (χ3n) is 5.85. The van der Waals surface area contributed by atoms with E-state index in [-0.39, 0.29) is 17.5 Å². The lowest BCUT2D eigenvalue weighted by Gasteiger charge is -2.18. The highest BCUT2D eigenvalue weighted by Crippen LogP contribution is 2.38. The molecule has 1 saturated carbocycles. The minimum atomic E-state index is -0.988. The predicted molar refractivity (Wildman–Crippen MR) is 153 cm³/mol. The number of aliphatic imine (C=N–C) groups is 1. The number of pyridine rings is 2. The largest absolute Gasteiger partial charge is 0.494 e. The first-order valence-corrected chi connectivity index (χ1v) is 12.7. The van der Waals surface area contributed by atoms with Gasteiger partial charge in [0, 0.05) is 36.2 Å². The highest BCUT2D eigenvalue weighted by Gasteiger charge is 2.32. The minimum Gasteiger partial charge on any atom is -0.494 e. The van der Waals surface area contributed by atoms with Gasteiger partial charge in [-0.1, -0.05) is 26.0 Å². The summed E-state index contributed by atoms with van der Waals surface area (Å²) in [4.78, 5) is 25.9. The number of ketones is 1. The maximum atomic E-state index is 13.0. The Morgan fingerprint density at radius 3 is 2.37 bits per heavy atom. The Morgan fingerprint density at radius 1 is 1.08 bits per heavy atom. The Kier molecular flexibility index (Phi) is 9.30. The first kappa shape index (κ1) is 28.5. The maximum Gasteiger partial charge on any atom is 0.169 e. The number of nitrogens with one attached hydrogen (secondary N) is 3. The van der Waals surface area contributed by atoms with E-state index in [4.69, 9.17) is 10.1 Å². The Balaban J connectivity index is 0.00000195. The highest BCUT2D eigenvalue weighted by molar-refractivity contribution is 6.06. The molecule has 3 aromatic rings. The van der Waals surface area contributed by atoms with Crippen LogP contribution in [0.5, 0.6) is 5.75 Å². The summed E-state index contributed by atoms with van der Waals surface area (Å²) in [6, 6.07) is 10.7. The van der Waals surface area contributed by atoms with Crippen molar-refractivity contribution in [3.05, 3.63) is 65.5 Å². The van der Waals surface area contributed by atoms with E-state index < -0.39 is 5.60 Å². The molecule has 200 valence electrons. The second-order valence-corrected chi connectivity index (χ2v) is 9.12. The monoisotopic (exact) mass is 516 g/mol. The van der Waals surface area contributed by atoms with Crippen LogP contribution in [0.15, 0.2) is 53.8 Å². The molecule has 0 aliphatic heterocycles. The van der Waals surface area contributed by atoms with Gasteiger partial charge in [0.15, 0.2) is 17.4 Å². The smallest absolute Gasteiger partial charge is 0.169 e. The molecule has 0 radical (unpaired) electrons. The van der Waals surface area contributed by atoms with Crippen LogP contribution in [0.4, 0.5) is 23.0 Å². The molecule has 4 rings (SSSR count). The first-order valence-electron chi connectivity index (χ1n) is 12.7. The number of anilines is 4. The van der Waals surface area contributed by atoms with Gasteiger partial charge in [-0.15, -0.1) is 0 Å². The van der Waals surface area contributed by atoms with E-state index >= 15 is 0 Å². The second-order valence-electron chi connectivity index (χ2n) is 9.12. The van der Waals surface area contributed by atoms with Gasteiger partial charge in [0.05, 0.1) is 35.2 Å². The van der Waals surface area contributed by atoms with Crippen LogP contribution in [-0.4, -0.2) is 40.0 Å². The van der Waals surface area contributed by atoms with E-state index in [1.807, 2.05) is 19.9 Å². The SMILES string of the molecule is CC.CC=NC(=N)c1cccc(Nc2cc(Nc3ccc(C(C)(C)O)cn3)ncc2C(=O)C2CC2)c1OC. The van der Waals surface area contributed by atoms with Crippen LogP contribution in [0.1, 0.15) is 68.9 Å². The van der Waals surface area contributed by atoms with Gasteiger partial charge in [0.1, 0.15) is 11.6 Å². The molecule has 9 heteroatoms. The van der Waals surface area contributed by atoms with Gasteiger partial charge in [-0.25, -0.2) is 15.0 Å². The van der Waals surface area contributed by atoms with Crippen molar-refractivity contribution in [3.8, 4) is 5.75 Å². The van der Waals surface area contributed by atoms with Crippen molar-refractivity contribution in [2.24, 2.45) is 10.9 Å². The summed E-state index contributed by atoms with van der Waals surface area (Å²) in [5, 5.41) is 24.9. The van der Waals surface area contributed by atoms with E-state index in [1.54, 1.807) is 69.7 Å². The zero-order valence-corrected chi connectivity index (χ0v) is 22.8. The molecule has 1 aliphatic carbocycles. The standard InChI is InChI=1S/C27H30N6O3.C2H6/c1-5-29-26(28)18-7-6-8-20(25(18)36-4)32-21-13-23(31-15-19(21)24(34)16-9-10-16)33-22-12-11-17(14-30-22)27(2,3)35;1-2/h5-8,11-16,28,35H,9-10H2,1-4H3,(H2,30,31,32,33);1-2H3. The van der Waals surface area contributed by atoms with Crippen LogP contribution < -0.4 is 15.4 Å². The highest BCUT2D eigenvalue weighted by atomic mass is 16.5. The summed E-state index contributed by atoms with van der Waals surface area (Å²) in [5.74, 6) is 1.63. The molecule has 4 N–H and O–H groups in total. The topological polar surface area (TPSA) is 133 Å². The van der Waals surface area contributed by atoms with Gasteiger partial charge in [0.2, 0.25) is 0 Å². The average Bonchev–Trinajstić information content (AvgIpc) is 3.75. The molecule has 2 aromatic heterocycles. The molecule has 1 aromatic carbocycles. The molecule has 1 fully saturated rings. The Morgan fingerprint density at radius 2 is 1.79 bits per heavy atom. The van der Waals surface area contributed by atoms with Crippen molar-refractivity contribution in [3.63, 3.8) is 0 Å². The zero-order valence-electron chi connectivity index (χ0n) is 22.8. The normalized spacial score (nSPS) is 12.9. The predicted octanol–water partition coefficient (Wildman–Crippen LogP) is 6.23. The van der Waals surface area contributed by atoms with Crippen LogP contribution in [0, 0.1) is 11.3 Å². The number of aliphatic hydroxyl groups is 1. The average molecular weight is 517 g/mol. The summed E-state index contributed by atoms with van der Waals surface area (Å²) < 4.78 is 5.62. The number of para-hydroxylation sites is 1. The van der Waals surface area contributed by atoms with Crippen LogP contribution in [0.3, 0.4) is 0 Å². The fourth-order valence-electron chi connectivity index (χ4n) is 3.74. The molecular weight excluding hydrogens is 480 g/mol. The van der Waals surface area contributed by atoms with Crippen molar-refractivity contribution < 1.29 is 14.6 Å². The van der Waals surface area contributed by atoms with Crippen LogP contribution in [0.2, 0.25) is 0 Å². The first-order chi connectivity index (χ1) is 18.2. The summed E-state index contributed by atoms with van der Waals surface area (Å²) in [5.41, 5.74) is 1.89. The lowest BCUT2D eigenvalue weighted by Crippen LogP contribution is -2.15. The fraction of sp³-hybridized carbons (Fsp3) is 0.345. The third kappa shape index (κ3) is 6.80. The van der Waals surface area contributed by atoms with Crippen LogP contribution in [-0.2, 0) is 5.60 Å². The summed E-state index contributed by atoms with van der Waals surface area (Å²) in [6.45, 7) is 9.15. The number of amidine groups is 1. The fourth-order valence-corrected chi connectivity index (χ4v) is 3.74. The number of nitrogens with zero attached hydrogens (tertiary/aromatic N) is 3. The van der Waals surface area contributed by atoms with Crippen molar-refractivity contribution in [2.45, 2.75) is 53.1 Å². The molecule has 0 saturated heterocycles. The third-order valence-corrected chi connectivity index (χ3v) is 5.85. The number of ether oxygens (including phenoxy) is 1. The van der Waals surface area contributed by atoms with Crippen molar-refractivity contribution in [1.29, 1.82) is 5.41 Å². The van der Waals surface area contributed by atoms with Crippen molar-refractivity contribution in [1.82, 2.24) is 9.97 Å². The van der Waals surface area contributed by atoms with Crippen molar-refractivity contribution in [2.75, 3.05) is 17.7 Å². The molecule has 0 unspecified atom stereocenters. The number of hydrogen-bond donors (Lipinski definition) is 4. The zero-order chi connectivity index (χ0) is 27.9. The number of carbonyl (C=O) groups excluding carboxylic acids is 1. The van der Waals surface area contributed by atoms with E-state index in [0.717, 1.165) is 12.8 Å². The lowest BCUT2D eigenvalue weighted by molar-refractivity contribution is 0.0782. The summed E-state index contributed by atoms with van der Waals surface area (Å²) in [7, 11) is 1.53. The number of aromatic nitrogens is 2. The van der Waals surface area contributed by atoms with E-state index in [2.05, 4.69) is 25.6 Å². The maximum absolute atomic E-state index is 13.0. The number of rotatable bonds is 9. The second kappa shape index (κ2) is 12.4. The number of benzene rings is 1. The van der Waals surface area contributed by atoms with Gasteiger partial charge in [0.25, 0.3) is 0 Å². The number of methoxy groups -OCH3 is 1. The summed E-state index contributed by atoms with van der Waals surface area (Å²) in [6.07, 6.45) is 6.48. The molecule has 0 amide bonds. The molecule has 0 spiro atoms. The van der Waals surface area contributed by atoms with Gasteiger partial charge in [-0.05, 0) is 51.8 Å². The molecular formula is C29H36N6O3. The van der Waals surface area contributed by atoms with Gasteiger partial charge in [-0.2, -0.15) is 0 Å². The number of carbonyl (C=O) groups is 1. The van der Waals surface area contributed by atoms with Gasteiger partial charge < -0.3 is 20.5 Å². The number of Topliss-reactive ketones (excluding diaryl/α,β-unsaturated/α-hetero) is 1. The molecule has 0 atom stereocenters. The summed E-state index contributed by atoms with van der Waals surface area (Å²) >= 11 is 0. The van der Waals surface area contributed by atoms with Gasteiger partial charge >= 0.3 is 0 Å². The Labute approximate surface area is 223 Å². The van der Waals surface area contributed by atoms with Gasteiger partial charge in [-0.3, -0.25) is 10.2 Å². The minimum absolute atomic E-state index is 0.0162. The van der Waals surface area contributed by atoms with E-state index in [9.17, 15) is 9.90 Å². The lowest BCUT2D eigenvalue weighted by atomic mass is 10.0. The molecule has 38 heavy (non-hydrogen) atoms. The van der Waals surface area contributed by atoms with E-state index in [1.165, 1.54) is 7.11 Å².